The maximum atomic E-state index is 13.3. The third-order valence-electron chi connectivity index (χ3n) is 2.38. The van der Waals surface area contributed by atoms with E-state index in [1.54, 1.807) is 0 Å². The summed E-state index contributed by atoms with van der Waals surface area (Å²) in [7, 11) is 0. The Morgan fingerprint density at radius 1 is 1.41 bits per heavy atom. The van der Waals surface area contributed by atoms with Crippen LogP contribution in [0.2, 0.25) is 0 Å². The quantitative estimate of drug-likeness (QED) is 0.817. The number of hydrogen-bond donors (Lipinski definition) is 2. The molecule has 0 bridgehead atoms. The molecule has 3 N–H and O–H groups in total. The average Bonchev–Trinajstić information content (AvgIpc) is 2.24. The van der Waals surface area contributed by atoms with Crippen LogP contribution in [0.5, 0.6) is 0 Å². The zero-order valence-electron chi connectivity index (χ0n) is 9.38. The van der Waals surface area contributed by atoms with E-state index in [-0.39, 0.29) is 10.7 Å². The number of carbonyl (C=O) groups excluding carboxylic acids is 1. The van der Waals surface area contributed by atoms with Crippen molar-refractivity contribution in [1.29, 1.82) is 0 Å². The van der Waals surface area contributed by atoms with Crippen LogP contribution in [0.3, 0.4) is 0 Å². The monoisotopic (exact) mass is 258 g/mol. The Bertz CT molecular complexity index is 475. The minimum atomic E-state index is -1.13. The number of nitrogens with two attached hydrogens (primary N) is 1. The van der Waals surface area contributed by atoms with Gasteiger partial charge in [0.15, 0.2) is 11.6 Å². The molecular formula is C11H12F2N2OS. The highest BCUT2D eigenvalue weighted by atomic mass is 32.1. The van der Waals surface area contributed by atoms with Crippen LogP contribution in [-0.2, 0) is 4.79 Å². The van der Waals surface area contributed by atoms with Gasteiger partial charge in [-0.3, -0.25) is 4.79 Å². The summed E-state index contributed by atoms with van der Waals surface area (Å²) in [4.78, 5) is 11.7. The van der Waals surface area contributed by atoms with Crippen LogP contribution in [0.1, 0.15) is 13.8 Å². The van der Waals surface area contributed by atoms with E-state index in [1.165, 1.54) is 26.0 Å². The Labute approximate surface area is 103 Å². The van der Waals surface area contributed by atoms with Gasteiger partial charge in [-0.2, -0.15) is 0 Å². The first-order valence-corrected chi connectivity index (χ1v) is 5.23. The third-order valence-corrected chi connectivity index (χ3v) is 2.89. The van der Waals surface area contributed by atoms with Gasteiger partial charge in [0.2, 0.25) is 5.91 Å². The summed E-state index contributed by atoms with van der Waals surface area (Å²) in [6, 6.07) is 3.51. The number of halogens is 2. The first-order valence-electron chi connectivity index (χ1n) is 4.82. The Morgan fingerprint density at radius 3 is 2.53 bits per heavy atom. The standard InChI is InChI=1S/C11H12F2N2OS/c1-11(2,9(14)17)10(16)15-7-5-3-4-6(12)8(7)13/h3-5H,1-2H3,(H2,14,17)(H,15,16). The summed E-state index contributed by atoms with van der Waals surface area (Å²) in [5.74, 6) is -2.73. The fourth-order valence-electron chi connectivity index (χ4n) is 0.991. The number of hydrogen-bond acceptors (Lipinski definition) is 2. The largest absolute Gasteiger partial charge is 0.392 e. The maximum Gasteiger partial charge on any atom is 0.236 e. The van der Waals surface area contributed by atoms with Crippen LogP contribution in [-0.4, -0.2) is 10.9 Å². The van der Waals surface area contributed by atoms with Gasteiger partial charge in [0.25, 0.3) is 0 Å². The van der Waals surface area contributed by atoms with E-state index >= 15 is 0 Å². The van der Waals surface area contributed by atoms with Crippen LogP contribution in [0.25, 0.3) is 0 Å². The summed E-state index contributed by atoms with van der Waals surface area (Å²) in [5.41, 5.74) is 4.03. The molecule has 6 heteroatoms. The fraction of sp³-hybridized carbons (Fsp3) is 0.273. The second-order valence-corrected chi connectivity index (χ2v) is 4.48. The first kappa shape index (κ1) is 13.5. The van der Waals surface area contributed by atoms with E-state index in [4.69, 9.17) is 18.0 Å². The Hall–Kier alpha value is -1.56. The van der Waals surface area contributed by atoms with E-state index in [0.29, 0.717) is 0 Å². The summed E-state index contributed by atoms with van der Waals surface area (Å²) in [6.45, 7) is 3.00. The van der Waals surface area contributed by atoms with Crippen molar-refractivity contribution in [2.75, 3.05) is 5.32 Å². The Kier molecular flexibility index (Phi) is 3.77. The molecule has 1 rings (SSSR count). The molecule has 0 fully saturated rings. The number of carbonyl (C=O) groups is 1. The van der Waals surface area contributed by atoms with Crippen molar-refractivity contribution in [2.24, 2.45) is 11.1 Å². The average molecular weight is 258 g/mol. The molecule has 0 aliphatic heterocycles. The number of amides is 1. The fourth-order valence-corrected chi connectivity index (χ4v) is 1.08. The van der Waals surface area contributed by atoms with Crippen molar-refractivity contribution < 1.29 is 13.6 Å². The molecule has 3 nitrogen and oxygen atoms in total. The summed E-state index contributed by atoms with van der Waals surface area (Å²) in [6.07, 6.45) is 0. The van der Waals surface area contributed by atoms with Crippen molar-refractivity contribution in [3.63, 3.8) is 0 Å². The molecule has 0 saturated heterocycles. The molecule has 0 heterocycles. The Balaban J connectivity index is 2.97. The number of rotatable bonds is 3. The van der Waals surface area contributed by atoms with Crippen molar-refractivity contribution in [1.82, 2.24) is 0 Å². The topological polar surface area (TPSA) is 55.1 Å². The van der Waals surface area contributed by atoms with Crippen LogP contribution in [0.4, 0.5) is 14.5 Å². The molecule has 1 amide bonds. The van der Waals surface area contributed by atoms with E-state index in [2.05, 4.69) is 5.32 Å². The molecule has 1 aromatic rings. The molecule has 0 aliphatic rings. The van der Waals surface area contributed by atoms with Gasteiger partial charge in [-0.25, -0.2) is 8.78 Å². The third kappa shape index (κ3) is 2.76. The van der Waals surface area contributed by atoms with Crippen molar-refractivity contribution in [3.8, 4) is 0 Å². The predicted molar refractivity (Wildman–Crippen MR) is 65.6 cm³/mol. The van der Waals surface area contributed by atoms with Gasteiger partial charge in [-0.15, -0.1) is 0 Å². The molecule has 0 aromatic heterocycles. The second kappa shape index (κ2) is 4.75. The molecule has 0 saturated carbocycles. The highest BCUT2D eigenvalue weighted by molar-refractivity contribution is 7.80. The minimum absolute atomic E-state index is 0.0215. The molecule has 1 aromatic carbocycles. The van der Waals surface area contributed by atoms with Crippen LogP contribution in [0, 0.1) is 17.0 Å². The number of benzene rings is 1. The summed E-state index contributed by atoms with van der Waals surface area (Å²) in [5, 5.41) is 2.25. The molecule has 0 spiro atoms. The van der Waals surface area contributed by atoms with Gasteiger partial charge in [-0.1, -0.05) is 18.3 Å². The lowest BCUT2D eigenvalue weighted by Gasteiger charge is -2.22. The van der Waals surface area contributed by atoms with Gasteiger partial charge < -0.3 is 11.1 Å². The lowest BCUT2D eigenvalue weighted by Crippen LogP contribution is -2.41. The Morgan fingerprint density at radius 2 is 2.00 bits per heavy atom. The molecule has 0 radical (unpaired) electrons. The van der Waals surface area contributed by atoms with E-state index in [0.717, 1.165) is 6.07 Å². The molecular weight excluding hydrogens is 246 g/mol. The van der Waals surface area contributed by atoms with Crippen LogP contribution in [0.15, 0.2) is 18.2 Å². The smallest absolute Gasteiger partial charge is 0.236 e. The van der Waals surface area contributed by atoms with E-state index < -0.39 is 23.0 Å². The minimum Gasteiger partial charge on any atom is -0.392 e. The van der Waals surface area contributed by atoms with E-state index in [9.17, 15) is 13.6 Å². The summed E-state index contributed by atoms with van der Waals surface area (Å²) < 4.78 is 26.2. The molecule has 0 unspecified atom stereocenters. The van der Waals surface area contributed by atoms with Crippen molar-refractivity contribution >= 4 is 28.8 Å². The molecule has 0 atom stereocenters. The van der Waals surface area contributed by atoms with Crippen molar-refractivity contribution in [2.45, 2.75) is 13.8 Å². The zero-order valence-corrected chi connectivity index (χ0v) is 10.2. The normalized spacial score (nSPS) is 11.1. The zero-order chi connectivity index (χ0) is 13.2. The van der Waals surface area contributed by atoms with Gasteiger partial charge in [0.1, 0.15) is 0 Å². The second-order valence-electron chi connectivity index (χ2n) is 4.04. The summed E-state index contributed by atoms with van der Waals surface area (Å²) >= 11 is 4.73. The maximum absolute atomic E-state index is 13.3. The number of thiocarbonyl (C=S) groups is 1. The highest BCUT2D eigenvalue weighted by Gasteiger charge is 2.31. The lowest BCUT2D eigenvalue weighted by molar-refractivity contribution is -0.121. The lowest BCUT2D eigenvalue weighted by atomic mass is 9.92. The van der Waals surface area contributed by atoms with Crippen LogP contribution >= 0.6 is 12.2 Å². The number of anilines is 1. The van der Waals surface area contributed by atoms with Crippen LogP contribution < -0.4 is 11.1 Å². The predicted octanol–water partition coefficient (Wildman–Crippen LogP) is 2.22. The molecule has 92 valence electrons. The van der Waals surface area contributed by atoms with E-state index in [1.807, 2.05) is 0 Å². The highest BCUT2D eigenvalue weighted by Crippen LogP contribution is 2.22. The van der Waals surface area contributed by atoms with Gasteiger partial charge in [0, 0.05) is 0 Å². The van der Waals surface area contributed by atoms with Gasteiger partial charge in [-0.05, 0) is 26.0 Å². The SMILES string of the molecule is CC(C)(C(=O)Nc1cccc(F)c1F)C(N)=S. The van der Waals surface area contributed by atoms with Gasteiger partial charge in [0.05, 0.1) is 16.1 Å². The molecule has 17 heavy (non-hydrogen) atoms. The van der Waals surface area contributed by atoms with Gasteiger partial charge >= 0.3 is 0 Å². The number of nitrogens with one attached hydrogen (secondary N) is 1. The van der Waals surface area contributed by atoms with Crippen molar-refractivity contribution in [3.05, 3.63) is 29.8 Å². The molecule has 0 aliphatic carbocycles. The first-order chi connectivity index (χ1) is 7.76.